The predicted octanol–water partition coefficient (Wildman–Crippen LogP) is 5.64. The van der Waals surface area contributed by atoms with Crippen molar-refractivity contribution in [3.8, 4) is 11.5 Å². The third-order valence-electron chi connectivity index (χ3n) is 4.19. The third-order valence-corrected chi connectivity index (χ3v) is 4.93. The average Bonchev–Trinajstić information content (AvgIpc) is 2.66. The molecule has 0 aromatic heterocycles. The molecule has 2 aromatic rings. The first-order chi connectivity index (χ1) is 13.5. The number of aryl methyl sites for hydroxylation is 1. The summed E-state index contributed by atoms with van der Waals surface area (Å²) < 4.78 is 18.4. The van der Waals surface area contributed by atoms with E-state index in [4.69, 9.17) is 14.2 Å². The van der Waals surface area contributed by atoms with E-state index in [-0.39, 0.29) is 6.10 Å². The zero-order chi connectivity index (χ0) is 20.4. The number of benzene rings is 2. The van der Waals surface area contributed by atoms with E-state index in [1.165, 1.54) is 5.56 Å². The van der Waals surface area contributed by atoms with Crippen LogP contribution in [-0.2, 0) is 17.9 Å². The summed E-state index contributed by atoms with van der Waals surface area (Å²) in [6.45, 7) is 11.8. The molecule has 4 nitrogen and oxygen atoms in total. The summed E-state index contributed by atoms with van der Waals surface area (Å²) in [5.74, 6) is 1.53. The number of hydrogen-bond donors (Lipinski definition) is 1. The first-order valence-corrected chi connectivity index (χ1v) is 10.7. The molecule has 0 saturated heterocycles. The highest BCUT2D eigenvalue weighted by Crippen LogP contribution is 2.34. The Balaban J connectivity index is 1.94. The minimum atomic E-state index is 0.287. The fourth-order valence-corrected chi connectivity index (χ4v) is 3.14. The molecule has 5 heteroatoms. The molecule has 0 fully saturated rings. The fraction of sp³-hybridized carbons (Fsp3) is 0.478. The van der Waals surface area contributed by atoms with Gasteiger partial charge in [0.05, 0.1) is 12.7 Å². The summed E-state index contributed by atoms with van der Waals surface area (Å²) in [6, 6.07) is 12.4. The first-order valence-electron chi connectivity index (χ1n) is 9.95. The molecule has 0 amide bonds. The SMILES string of the molecule is CCOc1cc(CNCCCOC(C)C)c(Br)cc1OCc1ccc(C)cc1. The maximum atomic E-state index is 6.04. The Morgan fingerprint density at radius 1 is 1.04 bits per heavy atom. The number of rotatable bonds is 12. The van der Waals surface area contributed by atoms with Gasteiger partial charge in [0.2, 0.25) is 0 Å². The van der Waals surface area contributed by atoms with Crippen LogP contribution in [0.3, 0.4) is 0 Å². The van der Waals surface area contributed by atoms with Crippen molar-refractivity contribution < 1.29 is 14.2 Å². The van der Waals surface area contributed by atoms with Crippen molar-refractivity contribution in [2.75, 3.05) is 19.8 Å². The molecule has 2 aromatic carbocycles. The molecule has 2 rings (SSSR count). The topological polar surface area (TPSA) is 39.7 Å². The van der Waals surface area contributed by atoms with E-state index in [2.05, 4.69) is 72.3 Å². The van der Waals surface area contributed by atoms with Gasteiger partial charge in [0, 0.05) is 17.6 Å². The predicted molar refractivity (Wildman–Crippen MR) is 118 cm³/mol. The van der Waals surface area contributed by atoms with E-state index in [1.54, 1.807) is 0 Å². The van der Waals surface area contributed by atoms with Gasteiger partial charge in [-0.05, 0) is 63.9 Å². The fourth-order valence-electron chi connectivity index (χ4n) is 2.68. The number of hydrogen-bond acceptors (Lipinski definition) is 4. The standard InChI is InChI=1S/C23H32BrNO3/c1-5-26-22-13-20(15-25-11-6-12-27-17(2)3)21(24)14-23(22)28-16-19-9-7-18(4)8-10-19/h7-10,13-14,17,25H,5-6,11-12,15-16H2,1-4H3. The lowest BCUT2D eigenvalue weighted by atomic mass is 10.1. The summed E-state index contributed by atoms with van der Waals surface area (Å²) in [5.41, 5.74) is 3.53. The van der Waals surface area contributed by atoms with Crippen LogP contribution in [0.2, 0.25) is 0 Å². The molecule has 0 unspecified atom stereocenters. The lowest BCUT2D eigenvalue weighted by Gasteiger charge is -2.16. The molecule has 28 heavy (non-hydrogen) atoms. The molecule has 0 atom stereocenters. The van der Waals surface area contributed by atoms with Gasteiger partial charge in [-0.3, -0.25) is 0 Å². The molecule has 154 valence electrons. The minimum Gasteiger partial charge on any atom is -0.490 e. The van der Waals surface area contributed by atoms with E-state index in [0.29, 0.717) is 13.2 Å². The van der Waals surface area contributed by atoms with Gasteiger partial charge in [0.15, 0.2) is 11.5 Å². The Hall–Kier alpha value is -1.56. The summed E-state index contributed by atoms with van der Waals surface area (Å²) in [6.07, 6.45) is 1.28. The quantitative estimate of drug-likeness (QED) is 0.425. The Labute approximate surface area is 177 Å². The summed E-state index contributed by atoms with van der Waals surface area (Å²) >= 11 is 3.67. The van der Waals surface area contributed by atoms with E-state index in [9.17, 15) is 0 Å². The van der Waals surface area contributed by atoms with Crippen LogP contribution in [0.25, 0.3) is 0 Å². The molecule has 0 aliphatic carbocycles. The second kappa shape index (κ2) is 12.1. The smallest absolute Gasteiger partial charge is 0.162 e. The zero-order valence-corrected chi connectivity index (χ0v) is 19.0. The zero-order valence-electron chi connectivity index (χ0n) is 17.4. The molecule has 0 radical (unpaired) electrons. The molecule has 0 aliphatic heterocycles. The Morgan fingerprint density at radius 3 is 2.43 bits per heavy atom. The van der Waals surface area contributed by atoms with Gasteiger partial charge >= 0.3 is 0 Å². The maximum Gasteiger partial charge on any atom is 0.162 e. The van der Waals surface area contributed by atoms with Gasteiger partial charge in [0.1, 0.15) is 6.61 Å². The van der Waals surface area contributed by atoms with E-state index in [0.717, 1.165) is 53.2 Å². The van der Waals surface area contributed by atoms with Crippen LogP contribution in [0, 0.1) is 6.92 Å². The Morgan fingerprint density at radius 2 is 1.75 bits per heavy atom. The van der Waals surface area contributed by atoms with Crippen LogP contribution >= 0.6 is 15.9 Å². The highest BCUT2D eigenvalue weighted by molar-refractivity contribution is 9.10. The van der Waals surface area contributed by atoms with E-state index >= 15 is 0 Å². The highest BCUT2D eigenvalue weighted by atomic mass is 79.9. The summed E-state index contributed by atoms with van der Waals surface area (Å²) in [4.78, 5) is 0. The van der Waals surface area contributed by atoms with Crippen molar-refractivity contribution in [1.29, 1.82) is 0 Å². The number of halogens is 1. The Bertz CT molecular complexity index is 717. The lowest BCUT2D eigenvalue weighted by molar-refractivity contribution is 0.0770. The van der Waals surface area contributed by atoms with Gasteiger partial charge in [-0.25, -0.2) is 0 Å². The largest absolute Gasteiger partial charge is 0.490 e. The summed E-state index contributed by atoms with van der Waals surface area (Å²) in [5, 5.41) is 3.46. The van der Waals surface area contributed by atoms with Crippen LogP contribution in [0.15, 0.2) is 40.9 Å². The molecular weight excluding hydrogens is 418 g/mol. The third kappa shape index (κ3) is 7.82. The second-order valence-electron chi connectivity index (χ2n) is 7.05. The van der Waals surface area contributed by atoms with Gasteiger partial charge in [0.25, 0.3) is 0 Å². The highest BCUT2D eigenvalue weighted by Gasteiger charge is 2.11. The van der Waals surface area contributed by atoms with Crippen molar-refractivity contribution in [1.82, 2.24) is 5.32 Å². The summed E-state index contributed by atoms with van der Waals surface area (Å²) in [7, 11) is 0. The van der Waals surface area contributed by atoms with E-state index in [1.807, 2.05) is 13.0 Å². The number of ether oxygens (including phenoxy) is 3. The number of nitrogens with one attached hydrogen (secondary N) is 1. The second-order valence-corrected chi connectivity index (χ2v) is 7.90. The molecule has 0 spiro atoms. The Kier molecular flexibility index (Phi) is 9.82. The van der Waals surface area contributed by atoms with Crippen LogP contribution in [0.4, 0.5) is 0 Å². The van der Waals surface area contributed by atoms with Crippen LogP contribution < -0.4 is 14.8 Å². The van der Waals surface area contributed by atoms with Crippen molar-refractivity contribution in [2.45, 2.75) is 53.4 Å². The van der Waals surface area contributed by atoms with Crippen molar-refractivity contribution in [2.24, 2.45) is 0 Å². The molecule has 0 saturated carbocycles. The van der Waals surface area contributed by atoms with Crippen LogP contribution in [0.5, 0.6) is 11.5 Å². The van der Waals surface area contributed by atoms with Gasteiger partial charge in [-0.15, -0.1) is 0 Å². The maximum absolute atomic E-state index is 6.04. The molecule has 0 heterocycles. The van der Waals surface area contributed by atoms with Gasteiger partial charge in [-0.1, -0.05) is 45.8 Å². The normalized spacial score (nSPS) is 11.1. The van der Waals surface area contributed by atoms with Crippen molar-refractivity contribution in [3.05, 3.63) is 57.6 Å². The van der Waals surface area contributed by atoms with Crippen molar-refractivity contribution in [3.63, 3.8) is 0 Å². The van der Waals surface area contributed by atoms with Crippen LogP contribution in [-0.4, -0.2) is 25.9 Å². The molecule has 1 N–H and O–H groups in total. The first kappa shape index (κ1) is 22.7. The lowest BCUT2D eigenvalue weighted by Crippen LogP contribution is -2.17. The molecular formula is C23H32BrNO3. The van der Waals surface area contributed by atoms with Crippen molar-refractivity contribution >= 4 is 15.9 Å². The van der Waals surface area contributed by atoms with Gasteiger partial charge in [-0.2, -0.15) is 0 Å². The van der Waals surface area contributed by atoms with Crippen LogP contribution in [0.1, 0.15) is 43.9 Å². The minimum absolute atomic E-state index is 0.287. The van der Waals surface area contributed by atoms with E-state index < -0.39 is 0 Å². The molecule has 0 aliphatic rings. The average molecular weight is 450 g/mol. The van der Waals surface area contributed by atoms with Gasteiger partial charge < -0.3 is 19.5 Å². The molecule has 0 bridgehead atoms. The monoisotopic (exact) mass is 449 g/mol.